The van der Waals surface area contributed by atoms with E-state index < -0.39 is 0 Å². The molecule has 0 aliphatic heterocycles. The van der Waals surface area contributed by atoms with Gasteiger partial charge in [-0.25, -0.2) is 4.98 Å². The van der Waals surface area contributed by atoms with Crippen LogP contribution in [0.1, 0.15) is 38.2 Å². The predicted octanol–water partition coefficient (Wildman–Crippen LogP) is 1.39. The lowest BCUT2D eigenvalue weighted by Gasteiger charge is -2.37. The SMILES string of the molecule is CCOC1(C(Cc2cccnc2N)NN)CCCC1. The summed E-state index contributed by atoms with van der Waals surface area (Å²) in [6.45, 7) is 2.74. The Kier molecular flexibility index (Phi) is 4.74. The molecule has 0 aromatic carbocycles. The topological polar surface area (TPSA) is 86.2 Å². The predicted molar refractivity (Wildman–Crippen MR) is 76.3 cm³/mol. The van der Waals surface area contributed by atoms with Crippen molar-refractivity contribution in [3.8, 4) is 0 Å². The molecular weight excluding hydrogens is 240 g/mol. The number of nitrogens with zero attached hydrogens (tertiary/aromatic N) is 1. The molecule has 5 nitrogen and oxygen atoms in total. The second-order valence-electron chi connectivity index (χ2n) is 5.18. The number of hydrogen-bond acceptors (Lipinski definition) is 5. The zero-order chi connectivity index (χ0) is 13.7. The molecule has 5 N–H and O–H groups in total. The maximum atomic E-state index is 6.05. The summed E-state index contributed by atoms with van der Waals surface area (Å²) in [5.41, 5.74) is 9.72. The molecule has 5 heteroatoms. The van der Waals surface area contributed by atoms with Crippen LogP contribution in [0.15, 0.2) is 18.3 Å². The van der Waals surface area contributed by atoms with E-state index in [2.05, 4.69) is 10.4 Å². The Bertz CT molecular complexity index is 404. The van der Waals surface area contributed by atoms with Gasteiger partial charge in [0.25, 0.3) is 0 Å². The quantitative estimate of drug-likeness (QED) is 0.534. The van der Waals surface area contributed by atoms with Crippen molar-refractivity contribution in [2.75, 3.05) is 12.3 Å². The highest BCUT2D eigenvalue weighted by Gasteiger charge is 2.41. The van der Waals surface area contributed by atoms with Crippen molar-refractivity contribution >= 4 is 5.82 Å². The van der Waals surface area contributed by atoms with Crippen LogP contribution in [-0.2, 0) is 11.2 Å². The van der Waals surface area contributed by atoms with Crippen LogP contribution in [0.2, 0.25) is 0 Å². The van der Waals surface area contributed by atoms with Crippen LogP contribution in [0.4, 0.5) is 5.82 Å². The maximum absolute atomic E-state index is 6.05. The van der Waals surface area contributed by atoms with Crippen molar-refractivity contribution < 1.29 is 4.74 Å². The molecule has 1 aromatic rings. The summed E-state index contributed by atoms with van der Waals surface area (Å²) in [7, 11) is 0. The summed E-state index contributed by atoms with van der Waals surface area (Å²) in [5, 5.41) is 0. The molecule has 1 aromatic heterocycles. The number of rotatable bonds is 6. The first-order chi connectivity index (χ1) is 9.22. The number of anilines is 1. The fourth-order valence-electron chi connectivity index (χ4n) is 3.09. The zero-order valence-corrected chi connectivity index (χ0v) is 11.6. The van der Waals surface area contributed by atoms with E-state index in [1.54, 1.807) is 6.20 Å². The molecular formula is C14H24N4O. The van der Waals surface area contributed by atoms with Gasteiger partial charge in [0.15, 0.2) is 0 Å². The third-order valence-electron chi connectivity index (χ3n) is 4.07. The standard InChI is InChI=1S/C14H24N4O/c1-2-19-14(7-3-4-8-14)12(18-16)10-11-6-5-9-17-13(11)15/h5-6,9,12,18H,2-4,7-8,10,16H2,1H3,(H2,15,17). The minimum atomic E-state index is -0.161. The summed E-state index contributed by atoms with van der Waals surface area (Å²) in [6.07, 6.45) is 6.95. The molecule has 0 bridgehead atoms. The van der Waals surface area contributed by atoms with Gasteiger partial charge in [-0.3, -0.25) is 11.3 Å². The van der Waals surface area contributed by atoms with Crippen LogP contribution in [-0.4, -0.2) is 23.2 Å². The number of pyridine rings is 1. The van der Waals surface area contributed by atoms with Crippen molar-refractivity contribution in [3.63, 3.8) is 0 Å². The summed E-state index contributed by atoms with van der Waals surface area (Å²) in [6, 6.07) is 3.98. The molecule has 1 aliphatic rings. The molecule has 0 saturated heterocycles. The van der Waals surface area contributed by atoms with Crippen LogP contribution in [0, 0.1) is 0 Å². The van der Waals surface area contributed by atoms with Gasteiger partial charge in [-0.1, -0.05) is 18.9 Å². The van der Waals surface area contributed by atoms with E-state index in [4.69, 9.17) is 16.3 Å². The Morgan fingerprint density at radius 2 is 2.21 bits per heavy atom. The van der Waals surface area contributed by atoms with Gasteiger partial charge in [0.1, 0.15) is 5.82 Å². The molecule has 0 spiro atoms. The van der Waals surface area contributed by atoms with E-state index in [1.807, 2.05) is 19.1 Å². The minimum absolute atomic E-state index is 0.0708. The largest absolute Gasteiger partial charge is 0.383 e. The lowest BCUT2D eigenvalue weighted by Crippen LogP contribution is -2.54. The van der Waals surface area contributed by atoms with Gasteiger partial charge in [0, 0.05) is 12.8 Å². The maximum Gasteiger partial charge on any atom is 0.126 e. The molecule has 1 aliphatic carbocycles. The van der Waals surface area contributed by atoms with E-state index in [-0.39, 0.29) is 11.6 Å². The highest BCUT2D eigenvalue weighted by molar-refractivity contribution is 5.39. The molecule has 1 fully saturated rings. The highest BCUT2D eigenvalue weighted by atomic mass is 16.5. The number of ether oxygens (including phenoxy) is 1. The number of aromatic nitrogens is 1. The third-order valence-corrected chi connectivity index (χ3v) is 4.07. The smallest absolute Gasteiger partial charge is 0.126 e. The van der Waals surface area contributed by atoms with Gasteiger partial charge in [-0.15, -0.1) is 0 Å². The summed E-state index contributed by atoms with van der Waals surface area (Å²) >= 11 is 0. The average Bonchev–Trinajstić information content (AvgIpc) is 2.88. The van der Waals surface area contributed by atoms with Crippen molar-refractivity contribution in [2.45, 2.75) is 50.7 Å². The summed E-state index contributed by atoms with van der Waals surface area (Å²) < 4.78 is 6.05. The number of nitrogen functional groups attached to an aromatic ring is 1. The number of hydrazine groups is 1. The number of nitrogens with one attached hydrogen (secondary N) is 1. The van der Waals surface area contributed by atoms with Crippen LogP contribution in [0.3, 0.4) is 0 Å². The summed E-state index contributed by atoms with van der Waals surface area (Å²) in [4.78, 5) is 4.13. The Hall–Kier alpha value is -1.17. The molecule has 1 unspecified atom stereocenters. The monoisotopic (exact) mass is 264 g/mol. The first-order valence-corrected chi connectivity index (χ1v) is 7.01. The Morgan fingerprint density at radius 1 is 1.47 bits per heavy atom. The molecule has 2 rings (SSSR count). The summed E-state index contributed by atoms with van der Waals surface area (Å²) in [5.74, 6) is 6.35. The number of nitrogens with two attached hydrogens (primary N) is 2. The van der Waals surface area contributed by atoms with Gasteiger partial charge < -0.3 is 10.5 Å². The van der Waals surface area contributed by atoms with Crippen molar-refractivity contribution in [2.24, 2.45) is 5.84 Å². The van der Waals surface area contributed by atoms with Crippen LogP contribution in [0.5, 0.6) is 0 Å². The molecule has 0 radical (unpaired) electrons. The van der Waals surface area contributed by atoms with Crippen molar-refractivity contribution in [1.29, 1.82) is 0 Å². The van der Waals surface area contributed by atoms with E-state index in [0.29, 0.717) is 12.4 Å². The molecule has 1 saturated carbocycles. The van der Waals surface area contributed by atoms with Gasteiger partial charge in [0.05, 0.1) is 11.6 Å². The molecule has 106 valence electrons. The fraction of sp³-hybridized carbons (Fsp3) is 0.643. The van der Waals surface area contributed by atoms with Crippen molar-refractivity contribution in [1.82, 2.24) is 10.4 Å². The first-order valence-electron chi connectivity index (χ1n) is 7.01. The zero-order valence-electron chi connectivity index (χ0n) is 11.6. The van der Waals surface area contributed by atoms with Crippen LogP contribution < -0.4 is 17.0 Å². The second kappa shape index (κ2) is 6.32. The molecule has 1 heterocycles. The minimum Gasteiger partial charge on any atom is -0.383 e. The second-order valence-corrected chi connectivity index (χ2v) is 5.18. The normalized spacial score (nSPS) is 19.5. The van der Waals surface area contributed by atoms with Gasteiger partial charge in [-0.05, 0) is 37.8 Å². The Morgan fingerprint density at radius 3 is 2.79 bits per heavy atom. The van der Waals surface area contributed by atoms with Crippen LogP contribution >= 0.6 is 0 Å². The van der Waals surface area contributed by atoms with E-state index in [9.17, 15) is 0 Å². The van der Waals surface area contributed by atoms with E-state index >= 15 is 0 Å². The lowest BCUT2D eigenvalue weighted by atomic mass is 9.87. The Balaban J connectivity index is 2.17. The first kappa shape index (κ1) is 14.2. The highest BCUT2D eigenvalue weighted by Crippen LogP contribution is 2.37. The molecule has 0 amide bonds. The number of hydrogen-bond donors (Lipinski definition) is 3. The van der Waals surface area contributed by atoms with Gasteiger partial charge in [0.2, 0.25) is 0 Å². The average molecular weight is 264 g/mol. The van der Waals surface area contributed by atoms with E-state index in [1.165, 1.54) is 12.8 Å². The fourth-order valence-corrected chi connectivity index (χ4v) is 3.09. The van der Waals surface area contributed by atoms with Crippen LogP contribution in [0.25, 0.3) is 0 Å². The lowest BCUT2D eigenvalue weighted by molar-refractivity contribution is -0.0613. The van der Waals surface area contributed by atoms with Gasteiger partial charge in [-0.2, -0.15) is 0 Å². The van der Waals surface area contributed by atoms with E-state index in [0.717, 1.165) is 24.8 Å². The molecule has 19 heavy (non-hydrogen) atoms. The van der Waals surface area contributed by atoms with Gasteiger partial charge >= 0.3 is 0 Å². The van der Waals surface area contributed by atoms with Crippen molar-refractivity contribution in [3.05, 3.63) is 23.9 Å². The Labute approximate surface area is 114 Å². The molecule has 1 atom stereocenters. The third kappa shape index (κ3) is 3.05.